The number of halogens is 4. The van der Waals surface area contributed by atoms with Crippen LogP contribution in [0, 0.1) is 12.7 Å². The van der Waals surface area contributed by atoms with Gasteiger partial charge in [0.2, 0.25) is 5.88 Å². The Hall–Kier alpha value is -5.20. The molecule has 0 saturated heterocycles. The second kappa shape index (κ2) is 11.7. The van der Waals surface area contributed by atoms with Crippen LogP contribution in [0.4, 0.5) is 23.2 Å². The van der Waals surface area contributed by atoms with Crippen LogP contribution in [-0.2, 0) is 17.5 Å². The minimum absolute atomic E-state index is 0.0518. The molecule has 1 amide bonds. The number of nitrogens with zero attached hydrogens (tertiary/aromatic N) is 4. The fourth-order valence-corrected chi connectivity index (χ4v) is 4.41. The van der Waals surface area contributed by atoms with E-state index in [2.05, 4.69) is 10.1 Å². The lowest BCUT2D eigenvalue weighted by molar-refractivity contribution is -0.141. The number of amides is 1. The maximum absolute atomic E-state index is 14.9. The highest BCUT2D eigenvalue weighted by molar-refractivity contribution is 6.06. The van der Waals surface area contributed by atoms with Gasteiger partial charge >= 0.3 is 12.1 Å². The van der Waals surface area contributed by atoms with Gasteiger partial charge in [-0.05, 0) is 56.7 Å². The minimum atomic E-state index is -4.78. The minimum Gasteiger partial charge on any atom is -0.473 e. The SMILES string of the molecule is Cc1nc2cc(F)c(N(C)C(=O)c3cccc(-n4nc(C(F)(F)F)cc4OCc4ccc(C(=O)OC(C)(C)C)cc4)c3)cc2o1. The monoisotopic (exact) mass is 624 g/mol. The van der Waals surface area contributed by atoms with Crippen LogP contribution in [0.15, 0.2) is 71.1 Å². The molecule has 0 aliphatic rings. The summed E-state index contributed by atoms with van der Waals surface area (Å²) in [5, 5.41) is 3.69. The van der Waals surface area contributed by atoms with Gasteiger partial charge in [-0.2, -0.15) is 18.3 Å². The van der Waals surface area contributed by atoms with Gasteiger partial charge in [0, 0.05) is 37.7 Å². The maximum atomic E-state index is 14.9. The van der Waals surface area contributed by atoms with Crippen molar-refractivity contribution in [2.24, 2.45) is 0 Å². The lowest BCUT2D eigenvalue weighted by Crippen LogP contribution is -2.27. The molecule has 13 heteroatoms. The molecule has 0 aliphatic carbocycles. The maximum Gasteiger partial charge on any atom is 0.435 e. The third-order valence-corrected chi connectivity index (χ3v) is 6.51. The van der Waals surface area contributed by atoms with E-state index in [0.29, 0.717) is 22.5 Å². The normalized spacial score (nSPS) is 11.9. The topological polar surface area (TPSA) is 99.7 Å². The number of oxazole rings is 1. The van der Waals surface area contributed by atoms with E-state index in [0.717, 1.165) is 21.7 Å². The molecular formula is C32H28F4N4O5. The Morgan fingerprint density at radius 1 is 0.978 bits per heavy atom. The average molecular weight is 625 g/mol. The number of ether oxygens (including phenoxy) is 2. The van der Waals surface area contributed by atoms with Crippen LogP contribution in [0.5, 0.6) is 5.88 Å². The predicted molar refractivity (Wildman–Crippen MR) is 156 cm³/mol. The molecule has 0 radical (unpaired) electrons. The molecule has 45 heavy (non-hydrogen) atoms. The standard InChI is InChI=1S/C32H28F4N4O5/c1-18-37-24-14-23(33)25(15-26(24)44-18)39(5)29(41)21-7-6-8-22(13-21)40-28(16-27(38-40)32(34,35)36)43-17-19-9-11-20(12-10-19)30(42)45-31(2,3)4/h6-16H,17H2,1-5H3. The average Bonchev–Trinajstić information content (AvgIpc) is 3.57. The molecule has 2 aromatic heterocycles. The van der Waals surface area contributed by atoms with E-state index >= 15 is 0 Å². The van der Waals surface area contributed by atoms with Gasteiger partial charge in [0.15, 0.2) is 17.2 Å². The van der Waals surface area contributed by atoms with E-state index in [1.165, 1.54) is 49.5 Å². The number of hydrogen-bond donors (Lipinski definition) is 0. The first-order valence-corrected chi connectivity index (χ1v) is 13.7. The molecule has 0 N–H and O–H groups in total. The van der Waals surface area contributed by atoms with Crippen LogP contribution in [0.25, 0.3) is 16.8 Å². The van der Waals surface area contributed by atoms with Gasteiger partial charge in [-0.15, -0.1) is 0 Å². The van der Waals surface area contributed by atoms with Gasteiger partial charge < -0.3 is 18.8 Å². The number of carbonyl (C=O) groups is 2. The molecule has 9 nitrogen and oxygen atoms in total. The summed E-state index contributed by atoms with van der Waals surface area (Å²) in [6, 6.07) is 15.2. The van der Waals surface area contributed by atoms with Crippen LogP contribution in [0.1, 0.15) is 58.6 Å². The van der Waals surface area contributed by atoms with Crippen molar-refractivity contribution in [2.45, 2.75) is 46.1 Å². The summed E-state index contributed by atoms with van der Waals surface area (Å²) in [6.07, 6.45) is -4.78. The van der Waals surface area contributed by atoms with Crippen LogP contribution in [0.3, 0.4) is 0 Å². The van der Waals surface area contributed by atoms with Crippen molar-refractivity contribution in [1.82, 2.24) is 14.8 Å². The van der Waals surface area contributed by atoms with Gasteiger partial charge in [0.1, 0.15) is 23.5 Å². The summed E-state index contributed by atoms with van der Waals surface area (Å²) < 4.78 is 73.3. The molecule has 0 fully saturated rings. The summed E-state index contributed by atoms with van der Waals surface area (Å²) in [4.78, 5) is 30.8. The van der Waals surface area contributed by atoms with Crippen LogP contribution < -0.4 is 9.64 Å². The van der Waals surface area contributed by atoms with E-state index in [1.807, 2.05) is 0 Å². The Balaban J connectivity index is 1.40. The highest BCUT2D eigenvalue weighted by Crippen LogP contribution is 2.33. The quantitative estimate of drug-likeness (QED) is 0.139. The lowest BCUT2D eigenvalue weighted by atomic mass is 10.1. The van der Waals surface area contributed by atoms with Gasteiger partial charge in [0.05, 0.1) is 16.9 Å². The highest BCUT2D eigenvalue weighted by atomic mass is 19.4. The fraction of sp³-hybridized carbons (Fsp3) is 0.250. The Kier molecular flexibility index (Phi) is 8.13. The van der Waals surface area contributed by atoms with Crippen molar-refractivity contribution in [2.75, 3.05) is 11.9 Å². The van der Waals surface area contributed by atoms with Gasteiger partial charge in [0.25, 0.3) is 5.91 Å². The van der Waals surface area contributed by atoms with Crippen LogP contribution in [-0.4, -0.2) is 39.3 Å². The van der Waals surface area contributed by atoms with Crippen molar-refractivity contribution < 1.29 is 41.0 Å². The van der Waals surface area contributed by atoms with Gasteiger partial charge in [-0.3, -0.25) is 4.79 Å². The number of aryl methyl sites for hydroxylation is 1. The molecule has 2 heterocycles. The van der Waals surface area contributed by atoms with Crippen LogP contribution >= 0.6 is 0 Å². The third kappa shape index (κ3) is 6.97. The van der Waals surface area contributed by atoms with Crippen molar-refractivity contribution in [1.29, 1.82) is 0 Å². The van der Waals surface area contributed by atoms with Gasteiger partial charge in [-0.1, -0.05) is 18.2 Å². The number of anilines is 1. The zero-order valence-corrected chi connectivity index (χ0v) is 24.9. The molecule has 0 unspecified atom stereocenters. The number of aromatic nitrogens is 3. The van der Waals surface area contributed by atoms with Crippen molar-refractivity contribution in [3.8, 4) is 11.6 Å². The van der Waals surface area contributed by atoms with Crippen molar-refractivity contribution in [3.63, 3.8) is 0 Å². The summed E-state index contributed by atoms with van der Waals surface area (Å²) in [5.41, 5.74) is -0.352. The number of benzene rings is 3. The molecule has 5 aromatic rings. The molecule has 0 aliphatic heterocycles. The summed E-state index contributed by atoms with van der Waals surface area (Å²) >= 11 is 0. The van der Waals surface area contributed by atoms with Crippen LogP contribution in [0.2, 0.25) is 0 Å². The third-order valence-electron chi connectivity index (χ3n) is 6.51. The number of carbonyl (C=O) groups excluding carboxylic acids is 2. The van der Waals surface area contributed by atoms with E-state index in [1.54, 1.807) is 39.8 Å². The Morgan fingerprint density at radius 3 is 2.36 bits per heavy atom. The molecule has 0 saturated carbocycles. The fourth-order valence-electron chi connectivity index (χ4n) is 4.41. The first-order valence-electron chi connectivity index (χ1n) is 13.7. The van der Waals surface area contributed by atoms with E-state index < -0.39 is 35.2 Å². The first-order chi connectivity index (χ1) is 21.1. The Labute approximate surface area is 255 Å². The number of hydrogen-bond acceptors (Lipinski definition) is 7. The number of esters is 1. The van der Waals surface area contributed by atoms with E-state index in [-0.39, 0.29) is 35.0 Å². The second-order valence-electron chi connectivity index (χ2n) is 11.2. The summed E-state index contributed by atoms with van der Waals surface area (Å²) in [5.74, 6) is -1.77. The molecule has 5 rings (SSSR count). The number of rotatable bonds is 7. The molecule has 3 aromatic carbocycles. The van der Waals surface area contributed by atoms with E-state index in [9.17, 15) is 27.2 Å². The lowest BCUT2D eigenvalue weighted by Gasteiger charge is -2.19. The number of fused-ring (bicyclic) bond motifs is 1. The largest absolute Gasteiger partial charge is 0.473 e. The summed E-state index contributed by atoms with van der Waals surface area (Å²) in [7, 11) is 1.36. The first kappa shape index (κ1) is 31.2. The second-order valence-corrected chi connectivity index (χ2v) is 11.2. The van der Waals surface area contributed by atoms with Crippen molar-refractivity contribution in [3.05, 3.63) is 101 Å². The zero-order valence-electron chi connectivity index (χ0n) is 24.9. The zero-order chi connectivity index (χ0) is 32.7. The number of alkyl halides is 3. The smallest absolute Gasteiger partial charge is 0.435 e. The molecular weight excluding hydrogens is 596 g/mol. The molecule has 0 bridgehead atoms. The van der Waals surface area contributed by atoms with E-state index in [4.69, 9.17) is 13.9 Å². The molecule has 0 spiro atoms. The van der Waals surface area contributed by atoms with Gasteiger partial charge in [-0.25, -0.2) is 18.9 Å². The highest BCUT2D eigenvalue weighted by Gasteiger charge is 2.36. The predicted octanol–water partition coefficient (Wildman–Crippen LogP) is 7.29. The molecule has 0 atom stereocenters. The van der Waals surface area contributed by atoms with Crippen molar-refractivity contribution >= 4 is 28.7 Å². The Bertz CT molecular complexity index is 1890. The Morgan fingerprint density at radius 2 is 1.69 bits per heavy atom. The molecule has 234 valence electrons. The summed E-state index contributed by atoms with van der Waals surface area (Å²) in [6.45, 7) is 6.69.